The molecule has 0 atom stereocenters. The molecule has 0 amide bonds. The minimum Gasteiger partial charge on any atom is -0.475 e. The van der Waals surface area contributed by atoms with Crippen molar-refractivity contribution in [1.82, 2.24) is 9.97 Å². The Labute approximate surface area is 107 Å². The van der Waals surface area contributed by atoms with Gasteiger partial charge in [-0.1, -0.05) is 25.4 Å². The lowest BCUT2D eigenvalue weighted by Gasteiger charge is -2.07. The summed E-state index contributed by atoms with van der Waals surface area (Å²) < 4.78 is 10.8. The second kappa shape index (κ2) is 8.25. The van der Waals surface area contributed by atoms with Crippen molar-refractivity contribution in [1.29, 1.82) is 0 Å². The van der Waals surface area contributed by atoms with E-state index in [4.69, 9.17) is 21.1 Å². The highest BCUT2D eigenvalue weighted by molar-refractivity contribution is 6.29. The molecule has 0 saturated carbocycles. The van der Waals surface area contributed by atoms with E-state index in [0.29, 0.717) is 24.2 Å². The van der Waals surface area contributed by atoms with Gasteiger partial charge in [-0.3, -0.25) is 0 Å². The Bertz CT molecular complexity index is 334. The van der Waals surface area contributed by atoms with Crippen LogP contribution in [-0.2, 0) is 11.2 Å². The predicted molar refractivity (Wildman–Crippen MR) is 67.6 cm³/mol. The molecule has 1 aromatic heterocycles. The van der Waals surface area contributed by atoms with Crippen LogP contribution < -0.4 is 4.74 Å². The number of nitrogens with zero attached hydrogens (tertiary/aromatic N) is 2. The SMILES string of the molecule is CCCOCCOc1cc(Cl)nc(CCC)n1. The summed E-state index contributed by atoms with van der Waals surface area (Å²) in [6.07, 6.45) is 2.81. The molecule has 1 rings (SSSR count). The smallest absolute Gasteiger partial charge is 0.218 e. The van der Waals surface area contributed by atoms with Crippen LogP contribution in [0.25, 0.3) is 0 Å². The number of aryl methyl sites for hydroxylation is 1. The van der Waals surface area contributed by atoms with Crippen LogP contribution in [-0.4, -0.2) is 29.8 Å². The van der Waals surface area contributed by atoms with Crippen molar-refractivity contribution in [2.75, 3.05) is 19.8 Å². The van der Waals surface area contributed by atoms with Crippen molar-refractivity contribution in [3.8, 4) is 5.88 Å². The number of aromatic nitrogens is 2. The number of hydrogen-bond donors (Lipinski definition) is 0. The Hall–Kier alpha value is -0.870. The molecule has 0 N–H and O–H groups in total. The minimum atomic E-state index is 0.424. The van der Waals surface area contributed by atoms with Crippen LogP contribution in [0.1, 0.15) is 32.5 Å². The molecular formula is C12H19ClN2O2. The first-order valence-corrected chi connectivity index (χ1v) is 6.38. The first-order valence-electron chi connectivity index (χ1n) is 6.00. The van der Waals surface area contributed by atoms with Gasteiger partial charge >= 0.3 is 0 Å². The van der Waals surface area contributed by atoms with Gasteiger partial charge in [-0.2, -0.15) is 4.98 Å². The summed E-state index contributed by atoms with van der Waals surface area (Å²) >= 11 is 5.89. The maximum absolute atomic E-state index is 5.89. The van der Waals surface area contributed by atoms with E-state index in [1.54, 1.807) is 6.07 Å². The maximum atomic E-state index is 5.89. The van der Waals surface area contributed by atoms with Gasteiger partial charge in [-0.25, -0.2) is 4.98 Å². The third-order valence-electron chi connectivity index (χ3n) is 2.02. The highest BCUT2D eigenvalue weighted by atomic mass is 35.5. The average molecular weight is 259 g/mol. The minimum absolute atomic E-state index is 0.424. The summed E-state index contributed by atoms with van der Waals surface area (Å²) in [7, 11) is 0. The summed E-state index contributed by atoms with van der Waals surface area (Å²) in [5.74, 6) is 1.25. The molecule has 0 aromatic carbocycles. The highest BCUT2D eigenvalue weighted by Crippen LogP contribution is 2.14. The summed E-state index contributed by atoms with van der Waals surface area (Å²) in [6.45, 7) is 5.96. The van der Waals surface area contributed by atoms with E-state index in [0.717, 1.165) is 31.7 Å². The van der Waals surface area contributed by atoms with Crippen LogP contribution in [0.4, 0.5) is 0 Å². The molecule has 17 heavy (non-hydrogen) atoms. The Kier molecular flexibility index (Phi) is 6.89. The second-order valence-electron chi connectivity index (χ2n) is 3.66. The van der Waals surface area contributed by atoms with Crippen molar-refractivity contribution in [3.63, 3.8) is 0 Å². The highest BCUT2D eigenvalue weighted by Gasteiger charge is 2.03. The fraction of sp³-hybridized carbons (Fsp3) is 0.667. The lowest BCUT2D eigenvalue weighted by atomic mass is 10.3. The maximum Gasteiger partial charge on any atom is 0.218 e. The van der Waals surface area contributed by atoms with E-state index in [1.807, 2.05) is 0 Å². The number of hydrogen-bond acceptors (Lipinski definition) is 4. The van der Waals surface area contributed by atoms with Gasteiger partial charge in [-0.15, -0.1) is 0 Å². The zero-order valence-electron chi connectivity index (χ0n) is 10.4. The molecule has 0 spiro atoms. The number of rotatable bonds is 8. The van der Waals surface area contributed by atoms with Crippen molar-refractivity contribution in [2.24, 2.45) is 0 Å². The van der Waals surface area contributed by atoms with Crippen molar-refractivity contribution >= 4 is 11.6 Å². The Balaban J connectivity index is 2.41. The lowest BCUT2D eigenvalue weighted by Crippen LogP contribution is -2.09. The molecule has 0 aliphatic rings. The van der Waals surface area contributed by atoms with E-state index < -0.39 is 0 Å². The molecule has 96 valence electrons. The van der Waals surface area contributed by atoms with Crippen LogP contribution in [0.3, 0.4) is 0 Å². The average Bonchev–Trinajstić information content (AvgIpc) is 2.28. The summed E-state index contributed by atoms with van der Waals surface area (Å²) in [6, 6.07) is 1.63. The van der Waals surface area contributed by atoms with Crippen LogP contribution in [0.5, 0.6) is 5.88 Å². The van der Waals surface area contributed by atoms with Gasteiger partial charge < -0.3 is 9.47 Å². The Morgan fingerprint density at radius 2 is 1.94 bits per heavy atom. The lowest BCUT2D eigenvalue weighted by molar-refractivity contribution is 0.0989. The summed E-state index contributed by atoms with van der Waals surface area (Å²) in [4.78, 5) is 8.39. The quantitative estimate of drug-likeness (QED) is 0.531. The fourth-order valence-corrected chi connectivity index (χ4v) is 1.49. The molecule has 1 heterocycles. The van der Waals surface area contributed by atoms with Crippen LogP contribution in [0.2, 0.25) is 5.15 Å². The fourth-order valence-electron chi connectivity index (χ4n) is 1.30. The first-order chi connectivity index (χ1) is 8.26. The van der Waals surface area contributed by atoms with Crippen LogP contribution in [0, 0.1) is 0 Å². The van der Waals surface area contributed by atoms with Gasteiger partial charge in [0.1, 0.15) is 17.6 Å². The third-order valence-corrected chi connectivity index (χ3v) is 2.21. The normalized spacial score (nSPS) is 10.5. The van der Waals surface area contributed by atoms with Crippen LogP contribution >= 0.6 is 11.6 Å². The standard InChI is InChI=1S/C12H19ClN2O2/c1-3-5-11-14-10(13)9-12(15-11)17-8-7-16-6-4-2/h9H,3-8H2,1-2H3. The van der Waals surface area contributed by atoms with Gasteiger partial charge in [0.05, 0.1) is 6.61 Å². The third kappa shape index (κ3) is 5.84. The van der Waals surface area contributed by atoms with E-state index in [-0.39, 0.29) is 0 Å². The van der Waals surface area contributed by atoms with E-state index in [2.05, 4.69) is 23.8 Å². The monoisotopic (exact) mass is 258 g/mol. The van der Waals surface area contributed by atoms with E-state index >= 15 is 0 Å². The molecule has 5 heteroatoms. The molecule has 0 aliphatic heterocycles. The van der Waals surface area contributed by atoms with Crippen molar-refractivity contribution in [3.05, 3.63) is 17.0 Å². The zero-order valence-corrected chi connectivity index (χ0v) is 11.2. The summed E-state index contributed by atoms with van der Waals surface area (Å²) in [5.41, 5.74) is 0. The molecule has 0 fully saturated rings. The first kappa shape index (κ1) is 14.2. The molecule has 0 unspecified atom stereocenters. The van der Waals surface area contributed by atoms with Gasteiger partial charge in [0.2, 0.25) is 5.88 Å². The molecule has 4 nitrogen and oxygen atoms in total. The molecule has 0 saturated heterocycles. The number of ether oxygens (including phenoxy) is 2. The molecule has 0 aliphatic carbocycles. The van der Waals surface area contributed by atoms with Gasteiger partial charge in [0.25, 0.3) is 0 Å². The molecule has 0 radical (unpaired) electrons. The van der Waals surface area contributed by atoms with Crippen molar-refractivity contribution < 1.29 is 9.47 Å². The molecular weight excluding hydrogens is 240 g/mol. The van der Waals surface area contributed by atoms with Gasteiger partial charge in [0, 0.05) is 19.1 Å². The molecule has 1 aromatic rings. The number of halogens is 1. The largest absolute Gasteiger partial charge is 0.475 e. The van der Waals surface area contributed by atoms with Gasteiger partial charge in [-0.05, 0) is 12.8 Å². The predicted octanol–water partition coefficient (Wildman–Crippen LogP) is 2.89. The molecule has 0 bridgehead atoms. The Morgan fingerprint density at radius 3 is 2.65 bits per heavy atom. The van der Waals surface area contributed by atoms with E-state index in [9.17, 15) is 0 Å². The topological polar surface area (TPSA) is 44.2 Å². The van der Waals surface area contributed by atoms with Crippen molar-refractivity contribution in [2.45, 2.75) is 33.1 Å². The van der Waals surface area contributed by atoms with E-state index in [1.165, 1.54) is 0 Å². The van der Waals surface area contributed by atoms with Crippen LogP contribution in [0.15, 0.2) is 6.07 Å². The second-order valence-corrected chi connectivity index (χ2v) is 4.04. The van der Waals surface area contributed by atoms with Gasteiger partial charge in [0.15, 0.2) is 0 Å². The summed E-state index contributed by atoms with van der Waals surface area (Å²) in [5, 5.41) is 0.424. The zero-order chi connectivity index (χ0) is 12.5. The Morgan fingerprint density at radius 1 is 1.12 bits per heavy atom.